The van der Waals surface area contributed by atoms with E-state index in [-0.39, 0.29) is 0 Å². The van der Waals surface area contributed by atoms with Crippen LogP contribution < -0.4 is 0 Å². The first kappa shape index (κ1) is 16.0. The van der Waals surface area contributed by atoms with Gasteiger partial charge < -0.3 is 4.74 Å². The van der Waals surface area contributed by atoms with Gasteiger partial charge in [0.1, 0.15) is 0 Å². The van der Waals surface area contributed by atoms with Gasteiger partial charge in [0, 0.05) is 6.26 Å². The van der Waals surface area contributed by atoms with Gasteiger partial charge in [-0.15, -0.1) is 0 Å². The maximum Gasteiger partial charge on any atom is 0.175 e. The van der Waals surface area contributed by atoms with Crippen molar-refractivity contribution in [3.05, 3.63) is 70.8 Å². The van der Waals surface area contributed by atoms with Gasteiger partial charge in [0.15, 0.2) is 9.84 Å². The second-order valence-electron chi connectivity index (χ2n) is 5.94. The van der Waals surface area contributed by atoms with Crippen LogP contribution in [0.3, 0.4) is 0 Å². The molecule has 0 aromatic heterocycles. The fraction of sp³-hybridized carbons (Fsp3) is 0.263. The Bertz CT molecular complexity index is 821. The molecule has 1 fully saturated rings. The van der Waals surface area contributed by atoms with E-state index in [0.29, 0.717) is 11.5 Å². The van der Waals surface area contributed by atoms with Crippen LogP contribution in [0.1, 0.15) is 23.1 Å². The number of hydrogen-bond acceptors (Lipinski definition) is 3. The molecular formula is C19H20O3S. The topological polar surface area (TPSA) is 43.4 Å². The lowest BCUT2D eigenvalue weighted by atomic mass is 9.92. The van der Waals surface area contributed by atoms with E-state index in [1.807, 2.05) is 12.1 Å². The van der Waals surface area contributed by atoms with Gasteiger partial charge in [0.25, 0.3) is 0 Å². The first-order valence-electron chi connectivity index (χ1n) is 7.62. The first-order chi connectivity index (χ1) is 10.9. The number of hydrogen-bond donors (Lipinski definition) is 0. The van der Waals surface area contributed by atoms with Crippen molar-refractivity contribution in [3.8, 4) is 0 Å². The Balaban J connectivity index is 2.09. The molecule has 1 heterocycles. The number of sulfone groups is 1. The quantitative estimate of drug-likeness (QED) is 0.864. The van der Waals surface area contributed by atoms with Crippen LogP contribution in [0.5, 0.6) is 0 Å². The molecule has 0 spiro atoms. The summed E-state index contributed by atoms with van der Waals surface area (Å²) in [5.74, 6) is 0. The maximum atomic E-state index is 11.6. The summed E-state index contributed by atoms with van der Waals surface area (Å²) in [6.07, 6.45) is 2.14. The molecule has 0 atom stereocenters. The molecule has 3 nitrogen and oxygen atoms in total. The second kappa shape index (κ2) is 6.30. The van der Waals surface area contributed by atoms with Crippen molar-refractivity contribution in [1.82, 2.24) is 0 Å². The van der Waals surface area contributed by atoms with Gasteiger partial charge >= 0.3 is 0 Å². The summed E-state index contributed by atoms with van der Waals surface area (Å²) >= 11 is 0. The summed E-state index contributed by atoms with van der Waals surface area (Å²) in [5, 5.41) is 0. The lowest BCUT2D eigenvalue weighted by molar-refractivity contribution is 0.205. The van der Waals surface area contributed by atoms with Crippen LogP contribution in [0, 0.1) is 6.92 Å². The summed E-state index contributed by atoms with van der Waals surface area (Å²) in [6.45, 7) is 3.44. The predicted molar refractivity (Wildman–Crippen MR) is 92.2 cm³/mol. The highest BCUT2D eigenvalue weighted by Gasteiger charge is 2.17. The van der Waals surface area contributed by atoms with Gasteiger partial charge in [-0.25, -0.2) is 8.42 Å². The molecule has 2 aromatic rings. The summed E-state index contributed by atoms with van der Waals surface area (Å²) in [7, 11) is -3.18. The highest BCUT2D eigenvalue weighted by molar-refractivity contribution is 7.90. The van der Waals surface area contributed by atoms with Crippen LogP contribution in [0.2, 0.25) is 0 Å². The van der Waals surface area contributed by atoms with Gasteiger partial charge in [-0.05, 0) is 47.8 Å². The van der Waals surface area contributed by atoms with E-state index in [1.165, 1.54) is 17.4 Å². The Morgan fingerprint density at radius 3 is 2.00 bits per heavy atom. The van der Waals surface area contributed by atoms with Crippen molar-refractivity contribution in [2.75, 3.05) is 19.5 Å². The van der Waals surface area contributed by atoms with Gasteiger partial charge in [-0.2, -0.15) is 0 Å². The number of rotatable bonds is 3. The molecule has 1 saturated heterocycles. The van der Waals surface area contributed by atoms with E-state index >= 15 is 0 Å². The Morgan fingerprint density at radius 1 is 0.957 bits per heavy atom. The van der Waals surface area contributed by atoms with Crippen LogP contribution in [0.25, 0.3) is 5.57 Å². The third-order valence-electron chi connectivity index (χ3n) is 4.09. The first-order valence-corrected chi connectivity index (χ1v) is 9.51. The number of benzene rings is 2. The van der Waals surface area contributed by atoms with Gasteiger partial charge in [-0.3, -0.25) is 0 Å². The van der Waals surface area contributed by atoms with Crippen molar-refractivity contribution in [2.45, 2.75) is 18.2 Å². The lowest BCUT2D eigenvalue weighted by Crippen LogP contribution is -1.99. The van der Waals surface area contributed by atoms with Crippen molar-refractivity contribution in [2.24, 2.45) is 0 Å². The molecule has 0 amide bonds. The van der Waals surface area contributed by atoms with Crippen LogP contribution in [0.15, 0.2) is 59.0 Å². The van der Waals surface area contributed by atoms with E-state index in [4.69, 9.17) is 4.74 Å². The fourth-order valence-corrected chi connectivity index (χ4v) is 3.45. The van der Waals surface area contributed by atoms with Crippen molar-refractivity contribution in [3.63, 3.8) is 0 Å². The van der Waals surface area contributed by atoms with Gasteiger partial charge in [-0.1, -0.05) is 42.0 Å². The standard InChI is InChI=1S/C19H20O3S/c1-14-3-5-15(6-4-14)19(17-11-12-22-13-17)16-7-9-18(10-8-16)23(2,20)21/h3-10H,11-13H2,1-2H3/b19-17-. The molecule has 3 rings (SSSR count). The molecule has 120 valence electrons. The summed E-state index contributed by atoms with van der Waals surface area (Å²) < 4.78 is 28.8. The molecule has 1 aliphatic heterocycles. The van der Waals surface area contributed by atoms with E-state index in [9.17, 15) is 8.42 Å². The zero-order valence-electron chi connectivity index (χ0n) is 13.4. The molecule has 0 unspecified atom stereocenters. The van der Waals surface area contributed by atoms with Gasteiger partial charge in [0.2, 0.25) is 0 Å². The molecule has 23 heavy (non-hydrogen) atoms. The molecule has 2 aromatic carbocycles. The van der Waals surface area contributed by atoms with Crippen LogP contribution >= 0.6 is 0 Å². The minimum Gasteiger partial charge on any atom is -0.377 e. The van der Waals surface area contributed by atoms with Crippen LogP contribution in [-0.4, -0.2) is 27.9 Å². The molecule has 0 radical (unpaired) electrons. The lowest BCUT2D eigenvalue weighted by Gasteiger charge is -2.13. The molecule has 4 heteroatoms. The average Bonchev–Trinajstić information content (AvgIpc) is 3.03. The van der Waals surface area contributed by atoms with Crippen LogP contribution in [0.4, 0.5) is 0 Å². The average molecular weight is 328 g/mol. The Kier molecular flexibility index (Phi) is 4.37. The van der Waals surface area contributed by atoms with Crippen molar-refractivity contribution < 1.29 is 13.2 Å². The fourth-order valence-electron chi connectivity index (χ4n) is 2.82. The van der Waals surface area contributed by atoms with E-state index in [1.54, 1.807) is 12.1 Å². The summed E-state index contributed by atoms with van der Waals surface area (Å²) in [5.41, 5.74) is 5.81. The Labute approximate surface area is 137 Å². The van der Waals surface area contributed by atoms with Crippen molar-refractivity contribution in [1.29, 1.82) is 0 Å². The third-order valence-corrected chi connectivity index (χ3v) is 5.22. The van der Waals surface area contributed by atoms with E-state index in [2.05, 4.69) is 31.2 Å². The van der Waals surface area contributed by atoms with E-state index < -0.39 is 9.84 Å². The molecule has 0 saturated carbocycles. The zero-order valence-corrected chi connectivity index (χ0v) is 14.2. The van der Waals surface area contributed by atoms with Crippen molar-refractivity contribution >= 4 is 15.4 Å². The second-order valence-corrected chi connectivity index (χ2v) is 7.96. The van der Waals surface area contributed by atoms with E-state index in [0.717, 1.165) is 29.7 Å². The smallest absolute Gasteiger partial charge is 0.175 e. The van der Waals surface area contributed by atoms with Gasteiger partial charge in [0.05, 0.1) is 18.1 Å². The highest BCUT2D eigenvalue weighted by Crippen LogP contribution is 2.31. The molecule has 0 N–H and O–H groups in total. The summed E-state index contributed by atoms with van der Waals surface area (Å²) in [4.78, 5) is 0.345. The minimum atomic E-state index is -3.18. The Morgan fingerprint density at radius 2 is 1.52 bits per heavy atom. The highest BCUT2D eigenvalue weighted by atomic mass is 32.2. The Hall–Kier alpha value is -1.91. The number of aryl methyl sites for hydroxylation is 1. The monoisotopic (exact) mass is 328 g/mol. The zero-order chi connectivity index (χ0) is 16.4. The molecular weight excluding hydrogens is 308 g/mol. The normalized spacial score (nSPS) is 17.3. The molecule has 0 aliphatic carbocycles. The molecule has 0 bridgehead atoms. The summed E-state index contributed by atoms with van der Waals surface area (Å²) in [6, 6.07) is 15.5. The van der Waals surface area contributed by atoms with Crippen LogP contribution in [-0.2, 0) is 14.6 Å². The third kappa shape index (κ3) is 3.54. The SMILES string of the molecule is Cc1ccc(/C(=C2\CCOC2)c2ccc(S(C)(=O)=O)cc2)cc1. The largest absolute Gasteiger partial charge is 0.377 e. The minimum absolute atomic E-state index is 0.345. The molecule has 1 aliphatic rings. The number of ether oxygens (including phenoxy) is 1. The predicted octanol–water partition coefficient (Wildman–Crippen LogP) is 3.62. The maximum absolute atomic E-state index is 11.6.